The van der Waals surface area contributed by atoms with Gasteiger partial charge in [0.25, 0.3) is 0 Å². The number of anilines is 1. The molecule has 0 radical (unpaired) electrons. The number of thioether (sulfide) groups is 2. The summed E-state index contributed by atoms with van der Waals surface area (Å²) in [5, 5.41) is 2.82. The van der Waals surface area contributed by atoms with Gasteiger partial charge < -0.3 is 5.32 Å². The highest BCUT2D eigenvalue weighted by Gasteiger charge is 2.17. The summed E-state index contributed by atoms with van der Waals surface area (Å²) in [5.74, 6) is 1.19. The molecule has 8 heteroatoms. The molecule has 0 heterocycles. The van der Waals surface area contributed by atoms with Gasteiger partial charge in [-0.2, -0.15) is 11.8 Å². The first-order chi connectivity index (χ1) is 13.7. The van der Waals surface area contributed by atoms with Gasteiger partial charge in [0.1, 0.15) is 0 Å². The molecule has 0 atom stereocenters. The number of hydrogen-bond acceptors (Lipinski definition) is 5. The van der Waals surface area contributed by atoms with Crippen LogP contribution in [0, 0.1) is 12.8 Å². The quantitative estimate of drug-likeness (QED) is 0.409. The van der Waals surface area contributed by atoms with E-state index in [1.54, 1.807) is 37.7 Å². The molecule has 29 heavy (non-hydrogen) atoms. The fourth-order valence-corrected chi connectivity index (χ4v) is 5.17. The van der Waals surface area contributed by atoms with Crippen LogP contribution in [-0.2, 0) is 20.6 Å². The monoisotopic (exact) mass is 452 g/mol. The second-order valence-corrected chi connectivity index (χ2v) is 10.6. The minimum Gasteiger partial charge on any atom is -0.325 e. The average Bonchev–Trinajstić information content (AvgIpc) is 2.68. The van der Waals surface area contributed by atoms with Crippen molar-refractivity contribution in [2.75, 3.05) is 23.9 Å². The molecule has 0 aliphatic heterocycles. The van der Waals surface area contributed by atoms with Crippen molar-refractivity contribution in [1.29, 1.82) is 0 Å². The smallest absolute Gasteiger partial charge is 0.240 e. The molecular weight excluding hydrogens is 424 g/mol. The maximum absolute atomic E-state index is 12.7. The van der Waals surface area contributed by atoms with E-state index in [1.165, 1.54) is 29.0 Å². The predicted molar refractivity (Wildman–Crippen MR) is 124 cm³/mol. The number of aryl methyl sites for hydroxylation is 1. The Bertz CT molecular complexity index is 944. The minimum absolute atomic E-state index is 0.143. The van der Waals surface area contributed by atoms with Crippen LogP contribution in [0.5, 0.6) is 0 Å². The fraction of sp³-hybridized carbons (Fsp3) is 0.381. The first kappa shape index (κ1) is 23.8. The zero-order chi connectivity index (χ0) is 21.4. The van der Waals surface area contributed by atoms with Crippen LogP contribution >= 0.6 is 23.5 Å². The molecule has 2 aromatic carbocycles. The molecule has 0 unspecified atom stereocenters. The van der Waals surface area contributed by atoms with Crippen LogP contribution in [-0.4, -0.2) is 32.9 Å². The third-order valence-electron chi connectivity index (χ3n) is 4.32. The van der Waals surface area contributed by atoms with Crippen LogP contribution in [0.2, 0.25) is 0 Å². The second kappa shape index (κ2) is 11.1. The van der Waals surface area contributed by atoms with E-state index in [1.807, 2.05) is 18.4 Å². The van der Waals surface area contributed by atoms with Crippen LogP contribution < -0.4 is 10.0 Å². The van der Waals surface area contributed by atoms with Gasteiger partial charge in [-0.25, -0.2) is 13.1 Å². The Morgan fingerprint density at radius 2 is 1.86 bits per heavy atom. The van der Waals surface area contributed by atoms with E-state index in [0.29, 0.717) is 18.0 Å². The van der Waals surface area contributed by atoms with Gasteiger partial charge in [0.15, 0.2) is 0 Å². The maximum atomic E-state index is 12.7. The number of hydrogen-bond donors (Lipinski definition) is 2. The van der Waals surface area contributed by atoms with E-state index in [-0.39, 0.29) is 16.7 Å². The number of sulfonamides is 1. The maximum Gasteiger partial charge on any atom is 0.240 e. The van der Waals surface area contributed by atoms with Gasteiger partial charge in [0.2, 0.25) is 15.9 Å². The van der Waals surface area contributed by atoms with Crippen molar-refractivity contribution >= 4 is 45.1 Å². The number of nitrogens with one attached hydrogen (secondary N) is 2. The largest absolute Gasteiger partial charge is 0.325 e. The molecule has 0 saturated carbocycles. The Labute approximate surface area is 182 Å². The Morgan fingerprint density at radius 3 is 2.52 bits per heavy atom. The fourth-order valence-electron chi connectivity index (χ4n) is 2.51. The normalized spacial score (nSPS) is 11.6. The molecule has 0 spiro atoms. The zero-order valence-corrected chi connectivity index (χ0v) is 19.6. The summed E-state index contributed by atoms with van der Waals surface area (Å²) in [6.07, 6.45) is 1.89. The molecule has 0 saturated heterocycles. The summed E-state index contributed by atoms with van der Waals surface area (Å²) < 4.78 is 28.0. The van der Waals surface area contributed by atoms with Gasteiger partial charge in [-0.1, -0.05) is 38.1 Å². The van der Waals surface area contributed by atoms with Crippen LogP contribution in [0.3, 0.4) is 0 Å². The number of amides is 1. The third kappa shape index (κ3) is 7.06. The van der Waals surface area contributed by atoms with E-state index in [2.05, 4.69) is 29.1 Å². The minimum atomic E-state index is -3.64. The number of carbonyl (C=O) groups excluding carboxylic acids is 1. The Hall–Kier alpha value is -1.48. The van der Waals surface area contributed by atoms with Crippen molar-refractivity contribution in [1.82, 2.24) is 4.72 Å². The summed E-state index contributed by atoms with van der Waals surface area (Å²) in [5.41, 5.74) is 3.02. The average molecular weight is 453 g/mol. The van der Waals surface area contributed by atoms with Crippen LogP contribution in [0.25, 0.3) is 0 Å². The van der Waals surface area contributed by atoms with Crippen molar-refractivity contribution in [3.63, 3.8) is 0 Å². The van der Waals surface area contributed by atoms with Crippen molar-refractivity contribution in [3.05, 3.63) is 53.6 Å². The highest BCUT2D eigenvalue weighted by Crippen LogP contribution is 2.28. The van der Waals surface area contributed by atoms with E-state index in [0.717, 1.165) is 10.6 Å². The molecule has 2 aromatic rings. The molecule has 0 aromatic heterocycles. The Kier molecular flexibility index (Phi) is 9.07. The van der Waals surface area contributed by atoms with Gasteiger partial charge >= 0.3 is 0 Å². The summed E-state index contributed by atoms with van der Waals surface area (Å²) in [4.78, 5) is 13.0. The van der Waals surface area contributed by atoms with Crippen molar-refractivity contribution in [2.45, 2.75) is 36.3 Å². The molecule has 158 valence electrons. The van der Waals surface area contributed by atoms with Gasteiger partial charge in [-0.05, 0) is 42.5 Å². The molecule has 0 bridgehead atoms. The molecule has 5 nitrogen and oxygen atoms in total. The van der Waals surface area contributed by atoms with Gasteiger partial charge in [0, 0.05) is 28.9 Å². The topological polar surface area (TPSA) is 75.3 Å². The van der Waals surface area contributed by atoms with Crippen molar-refractivity contribution < 1.29 is 13.2 Å². The Balaban J connectivity index is 1.97. The standard InChI is InChI=1S/C21H28N2O3S3/c1-15(2)21(24)23-19-13-18(9-10-20(19)27-4)29(25,26)22-11-12-28-14-17-8-6-5-7-16(17)3/h5-10,13,15,22H,11-12,14H2,1-4H3,(H,23,24). The zero-order valence-electron chi connectivity index (χ0n) is 17.2. The number of carbonyl (C=O) groups is 1. The van der Waals surface area contributed by atoms with Crippen molar-refractivity contribution in [2.24, 2.45) is 5.92 Å². The molecule has 0 fully saturated rings. The number of benzene rings is 2. The second-order valence-electron chi connectivity index (χ2n) is 6.88. The lowest BCUT2D eigenvalue weighted by Gasteiger charge is -2.14. The van der Waals surface area contributed by atoms with E-state index >= 15 is 0 Å². The summed E-state index contributed by atoms with van der Waals surface area (Å²) in [7, 11) is -3.64. The van der Waals surface area contributed by atoms with Crippen LogP contribution in [0.15, 0.2) is 52.3 Å². The van der Waals surface area contributed by atoms with Gasteiger partial charge in [-0.3, -0.25) is 4.79 Å². The highest BCUT2D eigenvalue weighted by atomic mass is 32.2. The van der Waals surface area contributed by atoms with E-state index < -0.39 is 10.0 Å². The van der Waals surface area contributed by atoms with E-state index in [4.69, 9.17) is 0 Å². The summed E-state index contributed by atoms with van der Waals surface area (Å²) >= 11 is 3.15. The summed E-state index contributed by atoms with van der Waals surface area (Å²) in [6.45, 7) is 6.01. The SMILES string of the molecule is CSc1ccc(S(=O)(=O)NCCSCc2ccccc2C)cc1NC(=O)C(C)C. The molecule has 2 rings (SSSR count). The molecular formula is C21H28N2O3S3. The Morgan fingerprint density at radius 1 is 1.14 bits per heavy atom. The van der Waals surface area contributed by atoms with Crippen LogP contribution in [0.1, 0.15) is 25.0 Å². The first-order valence-corrected chi connectivity index (χ1v) is 13.2. The van der Waals surface area contributed by atoms with Gasteiger partial charge in [0.05, 0.1) is 10.6 Å². The van der Waals surface area contributed by atoms with E-state index in [9.17, 15) is 13.2 Å². The number of rotatable bonds is 10. The molecule has 0 aliphatic rings. The lowest BCUT2D eigenvalue weighted by Crippen LogP contribution is -2.26. The molecule has 0 aliphatic carbocycles. The first-order valence-electron chi connectivity index (χ1n) is 9.35. The lowest BCUT2D eigenvalue weighted by molar-refractivity contribution is -0.118. The highest BCUT2D eigenvalue weighted by molar-refractivity contribution is 7.99. The van der Waals surface area contributed by atoms with Gasteiger partial charge in [-0.15, -0.1) is 11.8 Å². The van der Waals surface area contributed by atoms with Crippen molar-refractivity contribution in [3.8, 4) is 0 Å². The summed E-state index contributed by atoms with van der Waals surface area (Å²) in [6, 6.07) is 13.0. The third-order valence-corrected chi connectivity index (χ3v) is 7.58. The lowest BCUT2D eigenvalue weighted by atomic mass is 10.1. The van der Waals surface area contributed by atoms with Crippen LogP contribution in [0.4, 0.5) is 5.69 Å². The molecule has 1 amide bonds. The predicted octanol–water partition coefficient (Wildman–Crippen LogP) is 4.52. The molecule has 2 N–H and O–H groups in total.